The fraction of sp³-hybridized carbons (Fsp3) is 0.611. The number of rotatable bonds is 9. The molecule has 3 heteroatoms. The number of imidazole rings is 1. The zero-order chi connectivity index (χ0) is 15.8. The van der Waals surface area contributed by atoms with Crippen LogP contribution in [0.4, 0.5) is 0 Å². The van der Waals surface area contributed by atoms with Gasteiger partial charge in [0.1, 0.15) is 0 Å². The van der Waals surface area contributed by atoms with E-state index in [0.717, 1.165) is 30.7 Å². The molecule has 0 aliphatic heterocycles. The Hall–Kier alpha value is -1.51. The maximum Gasteiger partial charge on any atom is 0.326 e. The number of hydrogen-bond donors (Lipinski definition) is 1. The lowest BCUT2D eigenvalue weighted by atomic mass is 9.97. The summed E-state index contributed by atoms with van der Waals surface area (Å²) in [4.78, 5) is 15.2. The molecule has 0 aliphatic carbocycles. The van der Waals surface area contributed by atoms with Gasteiger partial charge in [0.25, 0.3) is 0 Å². The molecule has 1 N–H and O–H groups in total. The molecule has 0 fully saturated rings. The lowest BCUT2D eigenvalue weighted by Crippen LogP contribution is -2.24. The predicted octanol–water partition coefficient (Wildman–Crippen LogP) is 4.85. The molecule has 21 heavy (non-hydrogen) atoms. The van der Waals surface area contributed by atoms with E-state index >= 15 is 0 Å². The Labute approximate surface area is 128 Å². The molecule has 0 aliphatic rings. The van der Waals surface area contributed by atoms with E-state index in [4.69, 9.17) is 0 Å². The number of nitrogens with one attached hydrogen (secondary N) is 1. The lowest BCUT2D eigenvalue weighted by molar-refractivity contribution is 0.367. The van der Waals surface area contributed by atoms with Gasteiger partial charge in [-0.25, -0.2) is 4.79 Å². The number of nitrogens with zero attached hydrogens (tertiary/aromatic N) is 1. The molecule has 0 bridgehead atoms. The topological polar surface area (TPSA) is 37.8 Å². The lowest BCUT2D eigenvalue weighted by Gasteiger charge is -2.21. The van der Waals surface area contributed by atoms with Crippen molar-refractivity contribution in [3.63, 3.8) is 0 Å². The van der Waals surface area contributed by atoms with Crippen LogP contribution in [0.3, 0.4) is 0 Å². The Morgan fingerprint density at radius 2 is 2.00 bits per heavy atom. The first-order valence-electron chi connectivity index (χ1n) is 8.15. The molecule has 0 saturated heterocycles. The van der Waals surface area contributed by atoms with Crippen molar-refractivity contribution in [3.8, 4) is 0 Å². The fourth-order valence-electron chi connectivity index (χ4n) is 2.72. The van der Waals surface area contributed by atoms with Crippen LogP contribution in [0.25, 0.3) is 6.08 Å². The van der Waals surface area contributed by atoms with Crippen LogP contribution in [-0.2, 0) is 0 Å². The summed E-state index contributed by atoms with van der Waals surface area (Å²) in [6.45, 7) is 12.4. The summed E-state index contributed by atoms with van der Waals surface area (Å²) >= 11 is 0. The Morgan fingerprint density at radius 3 is 2.57 bits per heavy atom. The van der Waals surface area contributed by atoms with Gasteiger partial charge in [0.05, 0.1) is 5.69 Å². The van der Waals surface area contributed by atoms with E-state index in [-0.39, 0.29) is 11.7 Å². The number of aromatic amines is 1. The van der Waals surface area contributed by atoms with Crippen LogP contribution in [-0.4, -0.2) is 9.55 Å². The maximum atomic E-state index is 12.3. The normalized spacial score (nSPS) is 14.5. The largest absolute Gasteiger partial charge is 0.326 e. The quantitative estimate of drug-likeness (QED) is 0.648. The molecule has 0 saturated carbocycles. The molecule has 0 aromatic carbocycles. The van der Waals surface area contributed by atoms with Gasteiger partial charge < -0.3 is 4.98 Å². The standard InChI is InChI=1S/C18H30N2O/c1-6-9-11-17-15(5)19-18(21)20(17)16(10-7-2)13-12-14(4)8-3/h6,9,11,14,16H,1,7-8,10,12-13H2,2-5H3,(H,19,21)/b11-9-. The van der Waals surface area contributed by atoms with Crippen molar-refractivity contribution in [2.45, 2.75) is 65.8 Å². The highest BCUT2D eigenvalue weighted by Gasteiger charge is 2.18. The second-order valence-corrected chi connectivity index (χ2v) is 5.94. The molecule has 2 unspecified atom stereocenters. The predicted molar refractivity (Wildman–Crippen MR) is 91.7 cm³/mol. The highest BCUT2D eigenvalue weighted by Crippen LogP contribution is 2.25. The molecule has 0 spiro atoms. The third-order valence-corrected chi connectivity index (χ3v) is 4.22. The highest BCUT2D eigenvalue weighted by atomic mass is 16.1. The Balaban J connectivity index is 3.09. The van der Waals surface area contributed by atoms with Gasteiger partial charge in [0.15, 0.2) is 0 Å². The van der Waals surface area contributed by atoms with Crippen LogP contribution in [0.1, 0.15) is 70.3 Å². The average molecular weight is 290 g/mol. The minimum atomic E-state index is 0.0128. The van der Waals surface area contributed by atoms with Crippen molar-refractivity contribution in [2.24, 2.45) is 5.92 Å². The molecule has 1 heterocycles. The zero-order valence-corrected chi connectivity index (χ0v) is 14.0. The summed E-state index contributed by atoms with van der Waals surface area (Å²) in [5, 5.41) is 0. The van der Waals surface area contributed by atoms with Gasteiger partial charge in [-0.3, -0.25) is 4.57 Å². The smallest absolute Gasteiger partial charge is 0.310 e. The van der Waals surface area contributed by atoms with Gasteiger partial charge >= 0.3 is 5.69 Å². The molecule has 118 valence electrons. The zero-order valence-electron chi connectivity index (χ0n) is 14.0. The van der Waals surface area contributed by atoms with Gasteiger partial charge in [-0.05, 0) is 38.2 Å². The van der Waals surface area contributed by atoms with Crippen LogP contribution in [0.5, 0.6) is 0 Å². The van der Waals surface area contributed by atoms with E-state index in [0.29, 0.717) is 5.92 Å². The fourth-order valence-corrected chi connectivity index (χ4v) is 2.72. The van der Waals surface area contributed by atoms with Crippen molar-refractivity contribution in [1.82, 2.24) is 9.55 Å². The van der Waals surface area contributed by atoms with Gasteiger partial charge in [-0.15, -0.1) is 0 Å². The van der Waals surface area contributed by atoms with Crippen LogP contribution in [0.15, 0.2) is 23.5 Å². The molecule has 0 radical (unpaired) electrons. The molecule has 1 rings (SSSR count). The van der Waals surface area contributed by atoms with Gasteiger partial charge in [-0.2, -0.15) is 0 Å². The molecule has 1 aromatic heterocycles. The highest BCUT2D eigenvalue weighted by molar-refractivity contribution is 5.49. The second-order valence-electron chi connectivity index (χ2n) is 5.94. The molecule has 3 nitrogen and oxygen atoms in total. The first kappa shape index (κ1) is 17.5. The van der Waals surface area contributed by atoms with Crippen LogP contribution in [0, 0.1) is 12.8 Å². The van der Waals surface area contributed by atoms with Gasteiger partial charge in [0.2, 0.25) is 0 Å². The van der Waals surface area contributed by atoms with Crippen LogP contribution in [0.2, 0.25) is 0 Å². The number of aromatic nitrogens is 2. The minimum absolute atomic E-state index is 0.0128. The van der Waals surface area contributed by atoms with E-state index in [1.54, 1.807) is 6.08 Å². The van der Waals surface area contributed by atoms with Crippen molar-refractivity contribution in [3.05, 3.63) is 40.6 Å². The second kappa shape index (κ2) is 8.71. The van der Waals surface area contributed by atoms with E-state index in [1.165, 1.54) is 12.8 Å². The summed E-state index contributed by atoms with van der Waals surface area (Å²) < 4.78 is 1.95. The van der Waals surface area contributed by atoms with E-state index in [9.17, 15) is 4.79 Å². The number of aryl methyl sites for hydroxylation is 1. The van der Waals surface area contributed by atoms with E-state index in [1.807, 2.05) is 23.6 Å². The number of H-pyrrole nitrogens is 1. The maximum absolute atomic E-state index is 12.3. The summed E-state index contributed by atoms with van der Waals surface area (Å²) in [6.07, 6.45) is 11.2. The Morgan fingerprint density at radius 1 is 1.29 bits per heavy atom. The van der Waals surface area contributed by atoms with Crippen molar-refractivity contribution in [2.75, 3.05) is 0 Å². The average Bonchev–Trinajstić information content (AvgIpc) is 2.74. The minimum Gasteiger partial charge on any atom is -0.310 e. The van der Waals surface area contributed by atoms with Crippen molar-refractivity contribution < 1.29 is 0 Å². The Kier molecular flexibility index (Phi) is 7.27. The van der Waals surface area contributed by atoms with E-state index in [2.05, 4.69) is 32.3 Å². The van der Waals surface area contributed by atoms with Crippen LogP contribution < -0.4 is 5.69 Å². The molecule has 2 atom stereocenters. The monoisotopic (exact) mass is 290 g/mol. The number of hydrogen-bond acceptors (Lipinski definition) is 1. The summed E-state index contributed by atoms with van der Waals surface area (Å²) in [6, 6.07) is 0.283. The summed E-state index contributed by atoms with van der Waals surface area (Å²) in [5.41, 5.74) is 1.93. The third-order valence-electron chi connectivity index (χ3n) is 4.22. The first-order chi connectivity index (χ1) is 10.0. The van der Waals surface area contributed by atoms with Crippen LogP contribution >= 0.6 is 0 Å². The van der Waals surface area contributed by atoms with E-state index < -0.39 is 0 Å². The van der Waals surface area contributed by atoms with Crippen molar-refractivity contribution in [1.29, 1.82) is 0 Å². The summed E-state index contributed by atoms with van der Waals surface area (Å²) in [5.74, 6) is 0.715. The van der Waals surface area contributed by atoms with Crippen molar-refractivity contribution >= 4 is 6.08 Å². The SMILES string of the molecule is C=C/C=C\c1c(C)[nH]c(=O)n1C(CCC)CCC(C)CC. The Bertz CT molecular complexity index is 522. The van der Waals surface area contributed by atoms with Gasteiger partial charge in [0, 0.05) is 11.7 Å². The van der Waals surface area contributed by atoms with Gasteiger partial charge in [-0.1, -0.05) is 52.3 Å². The summed E-state index contributed by atoms with van der Waals surface area (Å²) in [7, 11) is 0. The number of allylic oxidation sites excluding steroid dienone is 2. The molecule has 0 amide bonds. The first-order valence-corrected chi connectivity index (χ1v) is 8.15. The molecule has 1 aromatic rings. The third kappa shape index (κ3) is 4.76. The molecular formula is C18H30N2O. The molecular weight excluding hydrogens is 260 g/mol.